The molecule has 3 aromatic rings. The van der Waals surface area contributed by atoms with Crippen LogP contribution in [0.1, 0.15) is 33.8 Å². The fourth-order valence-corrected chi connectivity index (χ4v) is 3.47. The second-order valence-corrected chi connectivity index (χ2v) is 6.73. The molecule has 3 N–H and O–H groups in total. The van der Waals surface area contributed by atoms with Crippen molar-refractivity contribution in [1.82, 2.24) is 10.6 Å². The van der Waals surface area contributed by atoms with Gasteiger partial charge in [-0.2, -0.15) is 0 Å². The van der Waals surface area contributed by atoms with Crippen LogP contribution in [0.2, 0.25) is 0 Å². The van der Waals surface area contributed by atoms with Crippen molar-refractivity contribution in [3.05, 3.63) is 53.8 Å². The minimum absolute atomic E-state index is 0.0422. The van der Waals surface area contributed by atoms with Gasteiger partial charge in [-0.15, -0.1) is 0 Å². The molecule has 0 aliphatic carbocycles. The van der Waals surface area contributed by atoms with Gasteiger partial charge in [0, 0.05) is 18.2 Å². The van der Waals surface area contributed by atoms with Crippen molar-refractivity contribution in [3.8, 4) is 17.1 Å². The Morgan fingerprint density at radius 1 is 1.22 bits per heavy atom. The van der Waals surface area contributed by atoms with Crippen molar-refractivity contribution in [1.29, 1.82) is 0 Å². The molecule has 2 heterocycles. The molecule has 0 saturated carbocycles. The lowest BCUT2D eigenvalue weighted by Gasteiger charge is -2.23. The van der Waals surface area contributed by atoms with Crippen molar-refractivity contribution in [2.45, 2.75) is 18.9 Å². The number of carbonyl (C=O) groups is 2. The Kier molecular flexibility index (Phi) is 4.64. The van der Waals surface area contributed by atoms with Crippen molar-refractivity contribution in [2.75, 3.05) is 13.1 Å². The zero-order valence-electron chi connectivity index (χ0n) is 14.7. The van der Waals surface area contributed by atoms with Gasteiger partial charge in [0.2, 0.25) is 0 Å². The number of aromatic hydroxyl groups is 1. The molecule has 1 unspecified atom stereocenters. The number of benzene rings is 2. The zero-order chi connectivity index (χ0) is 18.8. The average Bonchev–Trinajstić information content (AvgIpc) is 3.19. The lowest BCUT2D eigenvalue weighted by atomic mass is 10.0. The van der Waals surface area contributed by atoms with Gasteiger partial charge in [-0.05, 0) is 54.4 Å². The predicted molar refractivity (Wildman–Crippen MR) is 102 cm³/mol. The Bertz CT molecular complexity index is 1000. The van der Waals surface area contributed by atoms with E-state index < -0.39 is 0 Å². The summed E-state index contributed by atoms with van der Waals surface area (Å²) in [6.45, 7) is 1.76. The summed E-state index contributed by atoms with van der Waals surface area (Å²) in [6.07, 6.45) is 2.65. The molecule has 4 rings (SSSR count). The van der Waals surface area contributed by atoms with Crippen LogP contribution in [-0.4, -0.2) is 36.4 Å². The molecule has 1 atom stereocenters. The van der Waals surface area contributed by atoms with E-state index in [2.05, 4.69) is 10.6 Å². The number of rotatable bonds is 4. The third-order valence-corrected chi connectivity index (χ3v) is 4.90. The Labute approximate surface area is 156 Å². The molecule has 1 amide bonds. The summed E-state index contributed by atoms with van der Waals surface area (Å²) >= 11 is 0. The number of aldehydes is 1. The Morgan fingerprint density at radius 3 is 2.89 bits per heavy atom. The number of fused-ring (bicyclic) bond motifs is 1. The molecule has 1 fully saturated rings. The van der Waals surface area contributed by atoms with Crippen LogP contribution in [0.3, 0.4) is 0 Å². The fourth-order valence-electron chi connectivity index (χ4n) is 3.47. The summed E-state index contributed by atoms with van der Waals surface area (Å²) < 4.78 is 5.75. The van der Waals surface area contributed by atoms with E-state index >= 15 is 0 Å². The van der Waals surface area contributed by atoms with Crippen molar-refractivity contribution >= 4 is 23.0 Å². The quantitative estimate of drug-likeness (QED) is 0.619. The number of hydrogen-bond donors (Lipinski definition) is 3. The fraction of sp³-hybridized carbons (Fsp3) is 0.238. The third-order valence-electron chi connectivity index (χ3n) is 4.90. The van der Waals surface area contributed by atoms with Gasteiger partial charge in [0.05, 0.1) is 5.56 Å². The number of nitrogens with one attached hydrogen (secondary N) is 2. The molecular formula is C21H20N2O4. The average molecular weight is 364 g/mol. The first kappa shape index (κ1) is 17.3. The van der Waals surface area contributed by atoms with E-state index in [1.165, 1.54) is 6.07 Å². The minimum Gasteiger partial charge on any atom is -0.507 e. The summed E-state index contributed by atoms with van der Waals surface area (Å²) in [5.74, 6) is 0.586. The van der Waals surface area contributed by atoms with Gasteiger partial charge in [0.25, 0.3) is 5.91 Å². The van der Waals surface area contributed by atoms with Crippen LogP contribution < -0.4 is 10.6 Å². The number of phenols is 1. The summed E-state index contributed by atoms with van der Waals surface area (Å²) in [5.41, 5.74) is 1.06. The maximum absolute atomic E-state index is 12.4. The predicted octanol–water partition coefficient (Wildman–Crippen LogP) is 3.10. The second kappa shape index (κ2) is 7.25. The van der Waals surface area contributed by atoms with Crippen molar-refractivity contribution < 1.29 is 19.1 Å². The van der Waals surface area contributed by atoms with Gasteiger partial charge in [-0.1, -0.05) is 18.2 Å². The van der Waals surface area contributed by atoms with E-state index in [0.717, 1.165) is 36.9 Å². The molecule has 1 aliphatic rings. The van der Waals surface area contributed by atoms with Crippen LogP contribution in [0.4, 0.5) is 0 Å². The highest BCUT2D eigenvalue weighted by Gasteiger charge is 2.19. The summed E-state index contributed by atoms with van der Waals surface area (Å²) in [7, 11) is 0. The lowest BCUT2D eigenvalue weighted by molar-refractivity contribution is 0.0903. The van der Waals surface area contributed by atoms with Crippen LogP contribution in [-0.2, 0) is 0 Å². The lowest BCUT2D eigenvalue weighted by Crippen LogP contribution is -2.45. The van der Waals surface area contributed by atoms with Gasteiger partial charge in [0.15, 0.2) is 12.0 Å². The van der Waals surface area contributed by atoms with Crippen LogP contribution in [0.25, 0.3) is 22.1 Å². The van der Waals surface area contributed by atoms with E-state index in [-0.39, 0.29) is 29.0 Å². The molecule has 27 heavy (non-hydrogen) atoms. The highest BCUT2D eigenvalue weighted by Crippen LogP contribution is 2.30. The van der Waals surface area contributed by atoms with Gasteiger partial charge in [-0.3, -0.25) is 9.59 Å². The van der Waals surface area contributed by atoms with E-state index in [4.69, 9.17) is 4.42 Å². The molecule has 0 bridgehead atoms. The second-order valence-electron chi connectivity index (χ2n) is 6.73. The maximum Gasteiger partial charge on any atom is 0.287 e. The summed E-state index contributed by atoms with van der Waals surface area (Å²) in [6, 6.07) is 12.2. The van der Waals surface area contributed by atoms with Gasteiger partial charge < -0.3 is 20.2 Å². The molecule has 138 valence electrons. The normalized spacial score (nSPS) is 17.0. The molecule has 1 aromatic heterocycles. The molecule has 2 aromatic carbocycles. The highest BCUT2D eigenvalue weighted by atomic mass is 16.3. The van der Waals surface area contributed by atoms with E-state index in [1.807, 2.05) is 6.07 Å². The number of phenolic OH excluding ortho intramolecular Hbond substituents is 1. The maximum atomic E-state index is 12.4. The SMILES string of the molecule is O=Cc1c(O)ccc2cc(-c3ccc(C(=O)NC4CCCNC4)o3)ccc12. The molecule has 1 aliphatic heterocycles. The molecule has 1 saturated heterocycles. The van der Waals surface area contributed by atoms with E-state index in [0.29, 0.717) is 17.4 Å². The van der Waals surface area contributed by atoms with Crippen molar-refractivity contribution in [2.24, 2.45) is 0 Å². The Morgan fingerprint density at radius 2 is 2.11 bits per heavy atom. The third kappa shape index (κ3) is 3.44. The first-order valence-corrected chi connectivity index (χ1v) is 8.98. The molecule has 6 heteroatoms. The number of furan rings is 1. The standard InChI is InChI=1S/C21H20N2O4/c24-12-17-16-5-3-14(10-13(16)4-6-18(17)25)19-7-8-20(27-19)21(26)23-15-2-1-9-22-11-15/h3-8,10,12,15,22,25H,1-2,9,11H2,(H,23,26). The van der Waals surface area contributed by atoms with E-state index in [1.54, 1.807) is 30.3 Å². The number of carbonyl (C=O) groups excluding carboxylic acids is 2. The Hall–Kier alpha value is -3.12. The smallest absolute Gasteiger partial charge is 0.287 e. The summed E-state index contributed by atoms with van der Waals surface area (Å²) in [5, 5.41) is 17.5. The first-order valence-electron chi connectivity index (χ1n) is 8.98. The number of amides is 1. The van der Waals surface area contributed by atoms with Crippen LogP contribution in [0, 0.1) is 0 Å². The number of hydrogen-bond acceptors (Lipinski definition) is 5. The zero-order valence-corrected chi connectivity index (χ0v) is 14.7. The molecule has 6 nitrogen and oxygen atoms in total. The van der Waals surface area contributed by atoms with Gasteiger partial charge >= 0.3 is 0 Å². The van der Waals surface area contributed by atoms with Crippen molar-refractivity contribution in [3.63, 3.8) is 0 Å². The van der Waals surface area contributed by atoms with Crippen LogP contribution >= 0.6 is 0 Å². The van der Waals surface area contributed by atoms with Gasteiger partial charge in [0.1, 0.15) is 11.5 Å². The van der Waals surface area contributed by atoms with E-state index in [9.17, 15) is 14.7 Å². The number of piperidine rings is 1. The molecule has 0 spiro atoms. The van der Waals surface area contributed by atoms with Crippen LogP contribution in [0.15, 0.2) is 46.9 Å². The first-order chi connectivity index (χ1) is 13.2. The molecular weight excluding hydrogens is 344 g/mol. The topological polar surface area (TPSA) is 91.6 Å². The van der Waals surface area contributed by atoms with Gasteiger partial charge in [-0.25, -0.2) is 0 Å². The highest BCUT2D eigenvalue weighted by molar-refractivity contribution is 6.02. The molecule has 0 radical (unpaired) electrons. The minimum atomic E-state index is -0.219. The Balaban J connectivity index is 1.58. The van der Waals surface area contributed by atoms with Crippen LogP contribution in [0.5, 0.6) is 5.75 Å². The summed E-state index contributed by atoms with van der Waals surface area (Å²) in [4.78, 5) is 23.6. The largest absolute Gasteiger partial charge is 0.507 e. The monoisotopic (exact) mass is 364 g/mol.